The van der Waals surface area contributed by atoms with Crippen molar-refractivity contribution in [3.8, 4) is 11.5 Å². The molecule has 148 valence electrons. The lowest BCUT2D eigenvalue weighted by molar-refractivity contribution is -0.690. The normalized spacial score (nSPS) is 16.5. The van der Waals surface area contributed by atoms with Crippen LogP contribution in [0.5, 0.6) is 0 Å². The number of pyridine rings is 1. The quantitative estimate of drug-likeness (QED) is 0.520. The number of rotatable bonds is 5. The Labute approximate surface area is 172 Å². The molecule has 2 aromatic carbocycles. The van der Waals surface area contributed by atoms with Crippen molar-refractivity contribution in [1.82, 2.24) is 9.97 Å². The summed E-state index contributed by atoms with van der Waals surface area (Å²) < 4.78 is 5.78. The maximum Gasteiger partial charge on any atom is 0.292 e. The molecule has 2 amide bonds. The summed E-state index contributed by atoms with van der Waals surface area (Å²) in [4.78, 5) is 35.2. The molecular formula is C23H19N4O3+. The van der Waals surface area contributed by atoms with Crippen LogP contribution >= 0.6 is 0 Å². The SMILES string of the molecule is O=C1CC([NH2+]Cc2cccnc2)C(=O)N1c1ccc(-c2nc3ccccc3o2)cc1. The molecule has 1 unspecified atom stereocenters. The summed E-state index contributed by atoms with van der Waals surface area (Å²) in [6.45, 7) is 0.599. The van der Waals surface area contributed by atoms with E-state index in [-0.39, 0.29) is 18.2 Å². The van der Waals surface area contributed by atoms with Gasteiger partial charge in [-0.1, -0.05) is 18.2 Å². The van der Waals surface area contributed by atoms with Crippen molar-refractivity contribution in [3.63, 3.8) is 0 Å². The number of benzene rings is 2. The Morgan fingerprint density at radius 3 is 2.63 bits per heavy atom. The van der Waals surface area contributed by atoms with Crippen LogP contribution in [-0.2, 0) is 16.1 Å². The van der Waals surface area contributed by atoms with Crippen LogP contribution in [0.3, 0.4) is 0 Å². The molecule has 7 nitrogen and oxygen atoms in total. The number of carbonyl (C=O) groups excluding carboxylic acids is 2. The van der Waals surface area contributed by atoms with E-state index in [1.165, 1.54) is 4.90 Å². The van der Waals surface area contributed by atoms with Gasteiger partial charge in [0.2, 0.25) is 11.8 Å². The number of nitrogens with two attached hydrogens (primary N) is 1. The molecule has 3 heterocycles. The first kappa shape index (κ1) is 18.2. The zero-order valence-corrected chi connectivity index (χ0v) is 16.1. The summed E-state index contributed by atoms with van der Waals surface area (Å²) in [6.07, 6.45) is 3.66. The fraction of sp³-hybridized carbons (Fsp3) is 0.130. The van der Waals surface area contributed by atoms with Crippen LogP contribution in [0.15, 0.2) is 77.5 Å². The molecule has 5 rings (SSSR count). The largest absolute Gasteiger partial charge is 0.436 e. The summed E-state index contributed by atoms with van der Waals surface area (Å²) in [5.41, 5.74) is 3.86. The predicted octanol–water partition coefficient (Wildman–Crippen LogP) is 2.29. The fourth-order valence-corrected chi connectivity index (χ4v) is 3.66. The minimum atomic E-state index is -0.422. The molecule has 1 atom stereocenters. The van der Waals surface area contributed by atoms with Gasteiger partial charge >= 0.3 is 0 Å². The minimum Gasteiger partial charge on any atom is -0.436 e. The van der Waals surface area contributed by atoms with Crippen LogP contribution in [0.4, 0.5) is 5.69 Å². The van der Waals surface area contributed by atoms with Gasteiger partial charge in [0, 0.05) is 23.5 Å². The van der Waals surface area contributed by atoms with Crippen molar-refractivity contribution >= 4 is 28.6 Å². The van der Waals surface area contributed by atoms with Crippen molar-refractivity contribution < 1.29 is 19.3 Å². The summed E-state index contributed by atoms with van der Waals surface area (Å²) in [5, 5.41) is 1.89. The number of quaternary nitrogens is 1. The fourth-order valence-electron chi connectivity index (χ4n) is 3.66. The summed E-state index contributed by atoms with van der Waals surface area (Å²) in [6, 6.07) is 18.1. The number of hydrogen-bond donors (Lipinski definition) is 1. The second-order valence-electron chi connectivity index (χ2n) is 7.21. The first-order chi connectivity index (χ1) is 14.7. The van der Waals surface area contributed by atoms with Crippen LogP contribution in [0, 0.1) is 0 Å². The van der Waals surface area contributed by atoms with Gasteiger partial charge in [0.15, 0.2) is 11.6 Å². The van der Waals surface area contributed by atoms with Crippen LogP contribution in [0.2, 0.25) is 0 Å². The number of fused-ring (bicyclic) bond motifs is 1. The molecule has 1 aliphatic heterocycles. The summed E-state index contributed by atoms with van der Waals surface area (Å²) in [5.74, 6) is 0.116. The van der Waals surface area contributed by atoms with E-state index in [2.05, 4.69) is 9.97 Å². The molecule has 2 aromatic heterocycles. The Hall–Kier alpha value is -3.84. The Morgan fingerprint density at radius 2 is 1.87 bits per heavy atom. The molecule has 30 heavy (non-hydrogen) atoms. The second-order valence-corrected chi connectivity index (χ2v) is 7.21. The zero-order valence-electron chi connectivity index (χ0n) is 16.1. The van der Waals surface area contributed by atoms with Crippen LogP contribution in [0.1, 0.15) is 12.0 Å². The number of oxazole rings is 1. The van der Waals surface area contributed by atoms with E-state index in [0.717, 1.165) is 16.6 Å². The molecule has 2 N–H and O–H groups in total. The number of imide groups is 1. The second kappa shape index (κ2) is 7.53. The van der Waals surface area contributed by atoms with Gasteiger partial charge in [-0.2, -0.15) is 0 Å². The van der Waals surface area contributed by atoms with Crippen molar-refractivity contribution in [2.45, 2.75) is 19.0 Å². The minimum absolute atomic E-state index is 0.186. The molecule has 4 aromatic rings. The molecule has 0 aliphatic carbocycles. The number of hydrogen-bond acceptors (Lipinski definition) is 5. The van der Waals surface area contributed by atoms with Gasteiger partial charge in [0.1, 0.15) is 12.1 Å². The van der Waals surface area contributed by atoms with Gasteiger partial charge in [0.05, 0.1) is 12.1 Å². The van der Waals surface area contributed by atoms with Gasteiger partial charge < -0.3 is 9.73 Å². The number of carbonyl (C=O) groups is 2. The molecule has 0 spiro atoms. The van der Waals surface area contributed by atoms with Crippen LogP contribution in [-0.4, -0.2) is 27.8 Å². The molecular weight excluding hydrogens is 380 g/mol. The van der Waals surface area contributed by atoms with Gasteiger partial charge in [-0.15, -0.1) is 0 Å². The first-order valence-electron chi connectivity index (χ1n) is 9.74. The summed E-state index contributed by atoms with van der Waals surface area (Å²) >= 11 is 0. The van der Waals surface area contributed by atoms with Crippen molar-refractivity contribution in [2.24, 2.45) is 0 Å². The topological polar surface area (TPSA) is 92.9 Å². The van der Waals surface area contributed by atoms with Gasteiger partial charge in [-0.3, -0.25) is 14.6 Å². The third-order valence-electron chi connectivity index (χ3n) is 5.21. The Morgan fingerprint density at radius 1 is 1.03 bits per heavy atom. The van der Waals surface area contributed by atoms with E-state index in [9.17, 15) is 9.59 Å². The number of amides is 2. The highest BCUT2D eigenvalue weighted by atomic mass is 16.3. The molecule has 7 heteroatoms. The van der Waals surface area contributed by atoms with Crippen molar-refractivity contribution in [3.05, 3.63) is 78.6 Å². The average molecular weight is 399 g/mol. The van der Waals surface area contributed by atoms with Crippen LogP contribution in [0.25, 0.3) is 22.6 Å². The van der Waals surface area contributed by atoms with Crippen molar-refractivity contribution in [1.29, 1.82) is 0 Å². The molecule has 0 saturated carbocycles. The molecule has 0 bridgehead atoms. The first-order valence-corrected chi connectivity index (χ1v) is 9.74. The zero-order chi connectivity index (χ0) is 20.5. The molecule has 1 saturated heterocycles. The molecule has 1 aliphatic rings. The molecule has 0 radical (unpaired) electrons. The lowest BCUT2D eigenvalue weighted by Crippen LogP contribution is -2.90. The van der Waals surface area contributed by atoms with Gasteiger partial charge in [-0.05, 0) is 42.5 Å². The highest BCUT2D eigenvalue weighted by Gasteiger charge is 2.42. The van der Waals surface area contributed by atoms with E-state index in [1.807, 2.05) is 53.8 Å². The van der Waals surface area contributed by atoms with E-state index >= 15 is 0 Å². The highest BCUT2D eigenvalue weighted by molar-refractivity contribution is 6.21. The smallest absolute Gasteiger partial charge is 0.292 e. The lowest BCUT2D eigenvalue weighted by atomic mass is 10.2. The number of anilines is 1. The van der Waals surface area contributed by atoms with E-state index in [1.54, 1.807) is 24.5 Å². The average Bonchev–Trinajstić information content (AvgIpc) is 3.33. The third-order valence-corrected chi connectivity index (χ3v) is 5.21. The number of aromatic nitrogens is 2. The Kier molecular flexibility index (Phi) is 4.57. The van der Waals surface area contributed by atoms with Gasteiger partial charge in [0.25, 0.3) is 5.91 Å². The number of para-hydroxylation sites is 2. The molecule has 1 fully saturated rings. The lowest BCUT2D eigenvalue weighted by Gasteiger charge is -2.14. The van der Waals surface area contributed by atoms with Gasteiger partial charge in [-0.25, -0.2) is 9.88 Å². The van der Waals surface area contributed by atoms with E-state index in [0.29, 0.717) is 23.7 Å². The monoisotopic (exact) mass is 399 g/mol. The Balaban J connectivity index is 1.32. The summed E-state index contributed by atoms with van der Waals surface area (Å²) in [7, 11) is 0. The maximum atomic E-state index is 12.8. The number of nitrogens with zero attached hydrogens (tertiary/aromatic N) is 3. The standard InChI is InChI=1S/C23H18N4O3/c28-21-12-19(25-14-15-4-3-11-24-13-15)23(29)27(21)17-9-7-16(8-10-17)22-26-18-5-1-2-6-20(18)30-22/h1-11,13,19,25H,12,14H2/p+1. The van der Waals surface area contributed by atoms with Crippen molar-refractivity contribution in [2.75, 3.05) is 4.90 Å². The maximum absolute atomic E-state index is 12.8. The third kappa shape index (κ3) is 3.35. The predicted molar refractivity (Wildman–Crippen MR) is 110 cm³/mol. The highest BCUT2D eigenvalue weighted by Crippen LogP contribution is 2.28. The van der Waals surface area contributed by atoms with E-state index < -0.39 is 6.04 Å². The van der Waals surface area contributed by atoms with Crippen LogP contribution < -0.4 is 10.2 Å². The Bertz CT molecular complexity index is 1190. The van der Waals surface area contributed by atoms with E-state index in [4.69, 9.17) is 4.42 Å².